The second-order valence-electron chi connectivity index (χ2n) is 5.33. The molecule has 21 heavy (non-hydrogen) atoms. The molecule has 1 fully saturated rings. The van der Waals surface area contributed by atoms with Crippen molar-refractivity contribution in [2.45, 2.75) is 37.6 Å². The van der Waals surface area contributed by atoms with E-state index in [-0.39, 0.29) is 16.8 Å². The molecule has 7 heteroatoms. The zero-order valence-electron chi connectivity index (χ0n) is 12.3. The molecule has 0 spiro atoms. The number of nitrogens with one attached hydrogen (secondary N) is 3. The van der Waals surface area contributed by atoms with E-state index in [0.29, 0.717) is 17.8 Å². The first kappa shape index (κ1) is 15.9. The lowest BCUT2D eigenvalue weighted by Gasteiger charge is -2.24. The maximum atomic E-state index is 12.5. The van der Waals surface area contributed by atoms with Crippen LogP contribution in [0.3, 0.4) is 0 Å². The van der Waals surface area contributed by atoms with Crippen molar-refractivity contribution in [2.24, 2.45) is 0 Å². The molecular weight excluding hydrogens is 290 g/mol. The fourth-order valence-electron chi connectivity index (χ4n) is 2.41. The Hall–Kier alpha value is -1.44. The molecule has 1 aliphatic heterocycles. The first-order valence-corrected chi connectivity index (χ1v) is 8.48. The molecule has 0 unspecified atom stereocenters. The Morgan fingerprint density at radius 1 is 1.38 bits per heavy atom. The summed E-state index contributed by atoms with van der Waals surface area (Å²) in [5.74, 6) is -0.230. The van der Waals surface area contributed by atoms with Crippen LogP contribution in [0.4, 0.5) is 5.69 Å². The highest BCUT2D eigenvalue weighted by Gasteiger charge is 2.23. The number of amides is 1. The summed E-state index contributed by atoms with van der Waals surface area (Å²) < 4.78 is 27.7. The van der Waals surface area contributed by atoms with E-state index in [0.717, 1.165) is 19.4 Å². The summed E-state index contributed by atoms with van der Waals surface area (Å²) in [5, 5.41) is 5.78. The summed E-state index contributed by atoms with van der Waals surface area (Å²) in [6, 6.07) is 4.79. The van der Waals surface area contributed by atoms with Gasteiger partial charge in [-0.1, -0.05) is 6.07 Å². The maximum absolute atomic E-state index is 12.5. The lowest BCUT2D eigenvalue weighted by Crippen LogP contribution is -2.45. The van der Waals surface area contributed by atoms with Gasteiger partial charge in [-0.05, 0) is 44.0 Å². The van der Waals surface area contributed by atoms with E-state index in [2.05, 4.69) is 15.4 Å². The van der Waals surface area contributed by atoms with Crippen LogP contribution in [0, 0.1) is 6.92 Å². The SMILES string of the molecule is CC(=O)Nc1ccc(C)c(S(=O)(=O)N[C@H]2CCCNC2)c1. The number of hydrogen-bond acceptors (Lipinski definition) is 4. The van der Waals surface area contributed by atoms with E-state index in [4.69, 9.17) is 0 Å². The van der Waals surface area contributed by atoms with Crippen LogP contribution in [0.2, 0.25) is 0 Å². The molecule has 3 N–H and O–H groups in total. The number of sulfonamides is 1. The van der Waals surface area contributed by atoms with Crippen LogP contribution >= 0.6 is 0 Å². The number of anilines is 1. The fourth-order valence-corrected chi connectivity index (χ4v) is 3.95. The molecule has 116 valence electrons. The van der Waals surface area contributed by atoms with E-state index in [1.807, 2.05) is 0 Å². The molecule has 0 radical (unpaired) electrons. The quantitative estimate of drug-likeness (QED) is 0.773. The van der Waals surface area contributed by atoms with E-state index in [9.17, 15) is 13.2 Å². The van der Waals surface area contributed by atoms with Crippen LogP contribution in [0.5, 0.6) is 0 Å². The third kappa shape index (κ3) is 4.26. The van der Waals surface area contributed by atoms with Gasteiger partial charge in [0.15, 0.2) is 0 Å². The Kier molecular flexibility index (Phi) is 4.97. The molecule has 1 aliphatic rings. The van der Waals surface area contributed by atoms with Crippen LogP contribution in [-0.2, 0) is 14.8 Å². The summed E-state index contributed by atoms with van der Waals surface area (Å²) in [5.41, 5.74) is 1.13. The van der Waals surface area contributed by atoms with Gasteiger partial charge in [0.1, 0.15) is 0 Å². The number of benzene rings is 1. The molecular formula is C14H21N3O3S. The van der Waals surface area contributed by atoms with Crippen LogP contribution in [0.25, 0.3) is 0 Å². The molecule has 2 rings (SSSR count). The summed E-state index contributed by atoms with van der Waals surface area (Å²) >= 11 is 0. The highest BCUT2D eigenvalue weighted by molar-refractivity contribution is 7.89. The first-order chi connectivity index (χ1) is 9.88. The summed E-state index contributed by atoms with van der Waals surface area (Å²) in [4.78, 5) is 11.3. The van der Waals surface area contributed by atoms with Gasteiger partial charge in [-0.15, -0.1) is 0 Å². The van der Waals surface area contributed by atoms with Gasteiger partial charge < -0.3 is 10.6 Å². The van der Waals surface area contributed by atoms with Crippen LogP contribution in [0.15, 0.2) is 23.1 Å². The highest BCUT2D eigenvalue weighted by atomic mass is 32.2. The van der Waals surface area contributed by atoms with Gasteiger partial charge in [0.05, 0.1) is 4.90 Å². The van der Waals surface area contributed by atoms with Gasteiger partial charge in [-0.2, -0.15) is 0 Å². The number of carbonyl (C=O) groups excluding carboxylic acids is 1. The minimum atomic E-state index is -3.59. The largest absolute Gasteiger partial charge is 0.326 e. The van der Waals surface area contributed by atoms with Crippen LogP contribution < -0.4 is 15.4 Å². The zero-order valence-corrected chi connectivity index (χ0v) is 13.1. The standard InChI is InChI=1S/C14H21N3O3S/c1-10-5-6-12(16-11(2)18)8-14(10)21(19,20)17-13-4-3-7-15-9-13/h5-6,8,13,15,17H,3-4,7,9H2,1-2H3,(H,16,18)/t13-/m0/s1. The number of hydrogen-bond donors (Lipinski definition) is 3. The third-order valence-corrected chi connectivity index (χ3v) is 5.08. The minimum absolute atomic E-state index is 0.0902. The Morgan fingerprint density at radius 2 is 2.14 bits per heavy atom. The molecule has 1 heterocycles. The second kappa shape index (κ2) is 6.55. The normalized spacial score (nSPS) is 19.2. The van der Waals surface area contributed by atoms with E-state index < -0.39 is 10.0 Å². The lowest BCUT2D eigenvalue weighted by atomic mass is 10.1. The zero-order chi connectivity index (χ0) is 15.5. The molecule has 0 saturated carbocycles. The van der Waals surface area contributed by atoms with Crippen LogP contribution in [0.1, 0.15) is 25.3 Å². The summed E-state index contributed by atoms with van der Waals surface area (Å²) in [6.45, 7) is 4.70. The van der Waals surface area contributed by atoms with Crippen molar-refractivity contribution < 1.29 is 13.2 Å². The minimum Gasteiger partial charge on any atom is -0.326 e. The molecule has 0 aliphatic carbocycles. The molecule has 1 amide bonds. The number of carbonyl (C=O) groups is 1. The van der Waals surface area contributed by atoms with Crippen molar-refractivity contribution in [1.29, 1.82) is 0 Å². The molecule has 0 bridgehead atoms. The number of rotatable bonds is 4. The molecule has 1 saturated heterocycles. The first-order valence-electron chi connectivity index (χ1n) is 7.00. The van der Waals surface area contributed by atoms with Crippen molar-refractivity contribution in [3.63, 3.8) is 0 Å². The Balaban J connectivity index is 2.23. The third-order valence-electron chi connectivity index (χ3n) is 3.42. The lowest BCUT2D eigenvalue weighted by molar-refractivity contribution is -0.114. The second-order valence-corrected chi connectivity index (χ2v) is 7.01. The Labute approximate surface area is 125 Å². The van der Waals surface area contributed by atoms with E-state index >= 15 is 0 Å². The Bertz CT molecular complexity index is 622. The van der Waals surface area contributed by atoms with E-state index in [1.165, 1.54) is 13.0 Å². The summed E-state index contributed by atoms with van der Waals surface area (Å²) in [6.07, 6.45) is 1.79. The molecule has 0 aromatic heterocycles. The van der Waals surface area contributed by atoms with Crippen molar-refractivity contribution in [3.05, 3.63) is 23.8 Å². The van der Waals surface area contributed by atoms with Crippen LogP contribution in [-0.4, -0.2) is 33.5 Å². The van der Waals surface area contributed by atoms with E-state index in [1.54, 1.807) is 19.1 Å². The average Bonchev–Trinajstić information content (AvgIpc) is 2.41. The molecule has 1 atom stereocenters. The van der Waals surface area contributed by atoms with Crippen molar-refractivity contribution >= 4 is 21.6 Å². The molecule has 6 nitrogen and oxygen atoms in total. The number of piperidine rings is 1. The van der Waals surface area contributed by atoms with Gasteiger partial charge in [0.2, 0.25) is 15.9 Å². The van der Waals surface area contributed by atoms with Gasteiger partial charge in [-0.25, -0.2) is 13.1 Å². The molecule has 1 aromatic rings. The predicted octanol–water partition coefficient (Wildman–Crippen LogP) is 0.984. The monoisotopic (exact) mass is 311 g/mol. The topological polar surface area (TPSA) is 87.3 Å². The van der Waals surface area contributed by atoms with Crippen molar-refractivity contribution in [2.75, 3.05) is 18.4 Å². The van der Waals surface area contributed by atoms with Gasteiger partial charge in [0, 0.05) is 25.2 Å². The Morgan fingerprint density at radius 3 is 2.76 bits per heavy atom. The van der Waals surface area contributed by atoms with Gasteiger partial charge in [0.25, 0.3) is 0 Å². The number of aryl methyl sites for hydroxylation is 1. The maximum Gasteiger partial charge on any atom is 0.241 e. The van der Waals surface area contributed by atoms with Gasteiger partial charge >= 0.3 is 0 Å². The molecule has 1 aromatic carbocycles. The smallest absolute Gasteiger partial charge is 0.241 e. The average molecular weight is 311 g/mol. The predicted molar refractivity (Wildman–Crippen MR) is 81.7 cm³/mol. The van der Waals surface area contributed by atoms with Gasteiger partial charge in [-0.3, -0.25) is 4.79 Å². The van der Waals surface area contributed by atoms with Crippen molar-refractivity contribution in [1.82, 2.24) is 10.0 Å². The fraction of sp³-hybridized carbons (Fsp3) is 0.500. The summed E-state index contributed by atoms with van der Waals surface area (Å²) in [7, 11) is -3.59. The van der Waals surface area contributed by atoms with Crippen molar-refractivity contribution in [3.8, 4) is 0 Å². The highest BCUT2D eigenvalue weighted by Crippen LogP contribution is 2.21.